The van der Waals surface area contributed by atoms with Crippen molar-refractivity contribution in [3.05, 3.63) is 36.0 Å². The number of aromatic amines is 1. The number of rotatable bonds is 28. The molecular formula is C38H63N13O8. The van der Waals surface area contributed by atoms with Crippen LogP contribution in [0.1, 0.15) is 70.8 Å². The average molecular weight is 830 g/mol. The molecule has 18 N–H and O–H groups in total. The number of nitrogens with one attached hydrogen (secondary N) is 7. The normalized spacial score (nSPS) is 13.6. The largest absolute Gasteiger partial charge is 0.480 e. The van der Waals surface area contributed by atoms with Crippen molar-refractivity contribution < 1.29 is 38.7 Å². The molecule has 0 spiro atoms. The van der Waals surface area contributed by atoms with E-state index in [0.29, 0.717) is 38.8 Å². The summed E-state index contributed by atoms with van der Waals surface area (Å²) in [7, 11) is 0. The predicted octanol–water partition coefficient (Wildman–Crippen LogP) is -2.74. The number of aliphatic imine (C=N–C) groups is 1. The number of aliphatic carboxylic acids is 1. The van der Waals surface area contributed by atoms with E-state index in [2.05, 4.69) is 41.9 Å². The molecule has 328 valence electrons. The van der Waals surface area contributed by atoms with Crippen LogP contribution in [0.25, 0.3) is 10.9 Å². The van der Waals surface area contributed by atoms with Crippen LogP contribution in [0.5, 0.6) is 0 Å². The summed E-state index contributed by atoms with van der Waals surface area (Å²) in [5.74, 6) is -6.06. The maximum absolute atomic E-state index is 14.0. The Kier molecular flexibility index (Phi) is 22.0. The Hall–Kier alpha value is -5.80. The van der Waals surface area contributed by atoms with Crippen molar-refractivity contribution in [2.75, 3.05) is 32.7 Å². The second-order valence-corrected chi connectivity index (χ2v) is 14.4. The number of carboxylic acid groups (broad SMARTS) is 1. The van der Waals surface area contributed by atoms with Gasteiger partial charge in [0.2, 0.25) is 35.4 Å². The molecule has 6 amide bonds. The highest BCUT2D eigenvalue weighted by molar-refractivity contribution is 5.97. The molecule has 0 aliphatic rings. The Morgan fingerprint density at radius 2 is 1.24 bits per heavy atom. The summed E-state index contributed by atoms with van der Waals surface area (Å²) in [4.78, 5) is 98.9. The average Bonchev–Trinajstić information content (AvgIpc) is 3.60. The van der Waals surface area contributed by atoms with Gasteiger partial charge in [0.15, 0.2) is 5.96 Å². The zero-order chi connectivity index (χ0) is 43.9. The van der Waals surface area contributed by atoms with Crippen LogP contribution < -0.4 is 60.6 Å². The second kappa shape index (κ2) is 26.3. The molecule has 1 aromatic heterocycles. The van der Waals surface area contributed by atoms with Crippen molar-refractivity contribution in [3.63, 3.8) is 0 Å². The van der Waals surface area contributed by atoms with Crippen LogP contribution in [0.3, 0.4) is 0 Å². The summed E-state index contributed by atoms with van der Waals surface area (Å²) in [5, 5.41) is 25.6. The summed E-state index contributed by atoms with van der Waals surface area (Å²) in [6, 6.07) is 1.65. The van der Waals surface area contributed by atoms with Crippen molar-refractivity contribution >= 4 is 58.3 Å². The quantitative estimate of drug-likeness (QED) is 0.0236. The van der Waals surface area contributed by atoms with E-state index in [1.807, 2.05) is 24.3 Å². The minimum absolute atomic E-state index is 0.0396. The third kappa shape index (κ3) is 17.7. The van der Waals surface area contributed by atoms with Crippen LogP contribution in [-0.4, -0.2) is 120 Å². The Balaban J connectivity index is 2.31. The molecule has 5 atom stereocenters. The minimum Gasteiger partial charge on any atom is -0.480 e. The van der Waals surface area contributed by atoms with Gasteiger partial charge in [-0.05, 0) is 82.0 Å². The summed E-state index contributed by atoms with van der Waals surface area (Å²) in [5.41, 5.74) is 29.3. The lowest BCUT2D eigenvalue weighted by molar-refractivity contribution is -0.138. The van der Waals surface area contributed by atoms with E-state index < -0.39 is 84.1 Å². The van der Waals surface area contributed by atoms with Crippen molar-refractivity contribution in [1.29, 1.82) is 0 Å². The summed E-state index contributed by atoms with van der Waals surface area (Å²) < 4.78 is 0. The molecule has 59 heavy (non-hydrogen) atoms. The second-order valence-electron chi connectivity index (χ2n) is 14.4. The van der Waals surface area contributed by atoms with Crippen LogP contribution in [0.15, 0.2) is 35.5 Å². The van der Waals surface area contributed by atoms with E-state index in [1.165, 1.54) is 0 Å². The predicted molar refractivity (Wildman–Crippen MR) is 222 cm³/mol. The molecule has 2 rings (SSSR count). The number of hydrogen-bond acceptors (Lipinski definition) is 11. The lowest BCUT2D eigenvalue weighted by atomic mass is 9.99. The van der Waals surface area contributed by atoms with E-state index in [9.17, 15) is 33.6 Å². The maximum Gasteiger partial charge on any atom is 0.322 e. The molecule has 0 aliphatic carbocycles. The first-order chi connectivity index (χ1) is 28.1. The number of H-pyrrole nitrogens is 1. The Labute approximate surface area is 343 Å². The molecule has 0 unspecified atom stereocenters. The highest BCUT2D eigenvalue weighted by Gasteiger charge is 2.34. The third-order valence-electron chi connectivity index (χ3n) is 9.33. The van der Waals surface area contributed by atoms with Crippen LogP contribution in [0, 0.1) is 5.92 Å². The molecule has 21 nitrogen and oxygen atoms in total. The van der Waals surface area contributed by atoms with E-state index in [4.69, 9.17) is 33.8 Å². The zero-order valence-corrected chi connectivity index (χ0v) is 33.9. The summed E-state index contributed by atoms with van der Waals surface area (Å²) in [6.45, 7) is 3.10. The van der Waals surface area contributed by atoms with E-state index in [-0.39, 0.29) is 51.2 Å². The van der Waals surface area contributed by atoms with Gasteiger partial charge in [-0.25, -0.2) is 0 Å². The summed E-state index contributed by atoms with van der Waals surface area (Å²) in [6.07, 6.45) is 4.32. The SMILES string of the molecule is CC(C)[C@H](NC(=O)[C@H](CCCCN)NC(=O)[C@H](Cc1c[nH]c2ccccc12)NC(=O)CN)C(=O)N[C@@H](CCCCN)C(=O)N[C@@H](CCCN=C(N)N)C(=O)NCC(=O)O. The van der Waals surface area contributed by atoms with Gasteiger partial charge in [-0.15, -0.1) is 0 Å². The molecule has 1 aromatic carbocycles. The standard InChI is InChI=1S/C38H63N13O8/c1-22(2)32(37(59)50-27(12-5-7-15-39)34(56)48-26(14-9-17-44-38(42)43)33(55)46-21-31(53)54)51-35(57)28(13-6-8-16-40)49-36(58)29(47-30(52)19-41)18-23-20-45-25-11-4-3-10-24(23)25/h3-4,10-11,20,22,26-29,32,45H,5-9,12-19,21,39-41H2,1-2H3,(H,46,55)(H,47,52)(H,48,56)(H,49,58)(H,50,59)(H,51,57)(H,53,54)(H4,42,43,44)/t26-,27-,28-,29-,32-/m0/s1. The molecule has 2 aromatic rings. The van der Waals surface area contributed by atoms with Gasteiger partial charge in [-0.1, -0.05) is 32.0 Å². The van der Waals surface area contributed by atoms with E-state index >= 15 is 0 Å². The van der Waals surface area contributed by atoms with Gasteiger partial charge < -0.3 is 70.7 Å². The fraction of sp³-hybridized carbons (Fsp3) is 0.579. The fourth-order valence-corrected chi connectivity index (χ4v) is 6.16. The van der Waals surface area contributed by atoms with Crippen LogP contribution in [0.2, 0.25) is 0 Å². The number of unbranched alkanes of at least 4 members (excludes halogenated alkanes) is 2. The van der Waals surface area contributed by atoms with Crippen LogP contribution in [0.4, 0.5) is 0 Å². The van der Waals surface area contributed by atoms with Crippen LogP contribution in [-0.2, 0) is 40.0 Å². The number of aromatic nitrogens is 1. The molecule has 1 heterocycles. The maximum atomic E-state index is 14.0. The number of para-hydroxylation sites is 1. The molecule has 0 aliphatic heterocycles. The molecule has 0 fully saturated rings. The Morgan fingerprint density at radius 3 is 1.80 bits per heavy atom. The molecule has 0 bridgehead atoms. The number of carbonyl (C=O) groups excluding carboxylic acids is 6. The molecule has 21 heteroatoms. The number of hydrogen-bond donors (Lipinski definition) is 13. The lowest BCUT2D eigenvalue weighted by Gasteiger charge is -2.29. The van der Waals surface area contributed by atoms with Crippen molar-refractivity contribution in [3.8, 4) is 0 Å². The zero-order valence-electron chi connectivity index (χ0n) is 33.9. The monoisotopic (exact) mass is 829 g/mol. The molecule has 0 saturated carbocycles. The first kappa shape index (κ1) is 49.3. The minimum atomic E-state index is -1.29. The molecule has 0 radical (unpaired) electrons. The van der Waals surface area contributed by atoms with E-state index in [1.54, 1.807) is 20.0 Å². The first-order valence-electron chi connectivity index (χ1n) is 19.8. The molecular weight excluding hydrogens is 767 g/mol. The highest BCUT2D eigenvalue weighted by atomic mass is 16.4. The smallest absolute Gasteiger partial charge is 0.322 e. The number of guanidine groups is 1. The van der Waals surface area contributed by atoms with Gasteiger partial charge in [0.1, 0.15) is 36.8 Å². The number of fused-ring (bicyclic) bond motifs is 1. The Morgan fingerprint density at radius 1 is 0.695 bits per heavy atom. The van der Waals surface area contributed by atoms with Crippen LogP contribution >= 0.6 is 0 Å². The van der Waals surface area contributed by atoms with E-state index in [0.717, 1.165) is 16.5 Å². The third-order valence-corrected chi connectivity index (χ3v) is 9.33. The highest BCUT2D eigenvalue weighted by Crippen LogP contribution is 2.19. The topological polar surface area (TPSA) is 370 Å². The first-order valence-corrected chi connectivity index (χ1v) is 19.8. The van der Waals surface area contributed by atoms with Crippen molar-refractivity contribution in [1.82, 2.24) is 36.9 Å². The van der Waals surface area contributed by atoms with Crippen molar-refractivity contribution in [2.24, 2.45) is 39.6 Å². The number of carbonyl (C=O) groups is 7. The van der Waals surface area contributed by atoms with Gasteiger partial charge in [-0.3, -0.25) is 38.6 Å². The van der Waals surface area contributed by atoms with Gasteiger partial charge >= 0.3 is 5.97 Å². The number of amides is 6. The van der Waals surface area contributed by atoms with Crippen molar-refractivity contribution in [2.45, 2.75) is 102 Å². The molecule has 0 saturated heterocycles. The van der Waals surface area contributed by atoms with Gasteiger partial charge in [0.05, 0.1) is 6.54 Å². The number of carboxylic acids is 1. The summed E-state index contributed by atoms with van der Waals surface area (Å²) >= 11 is 0. The van der Waals surface area contributed by atoms with Gasteiger partial charge in [-0.2, -0.15) is 0 Å². The Bertz CT molecular complexity index is 1730. The number of nitrogens with two attached hydrogens (primary N) is 5. The van der Waals surface area contributed by atoms with Gasteiger partial charge in [0.25, 0.3) is 0 Å². The number of nitrogens with zero attached hydrogens (tertiary/aromatic N) is 1. The lowest BCUT2D eigenvalue weighted by Crippen LogP contribution is -2.60. The van der Waals surface area contributed by atoms with Gasteiger partial charge in [0, 0.05) is 30.1 Å². The number of benzene rings is 1. The fourth-order valence-electron chi connectivity index (χ4n) is 6.16.